The maximum atomic E-state index is 9.68. The molecule has 0 saturated carbocycles. The zero-order valence-corrected chi connectivity index (χ0v) is 13.2. The van der Waals surface area contributed by atoms with Gasteiger partial charge in [-0.1, -0.05) is 12.1 Å². The fraction of sp³-hybridized carbons (Fsp3) is 0.167. The summed E-state index contributed by atoms with van der Waals surface area (Å²) in [5, 5.41) is 19.2. The summed E-state index contributed by atoms with van der Waals surface area (Å²) in [5.41, 5.74) is 7.69. The van der Waals surface area contributed by atoms with Gasteiger partial charge in [0.05, 0.1) is 20.1 Å². The van der Waals surface area contributed by atoms with Crippen molar-refractivity contribution in [2.45, 2.75) is 5.92 Å². The van der Waals surface area contributed by atoms with E-state index in [1.807, 2.05) is 6.07 Å². The lowest BCUT2D eigenvalue weighted by molar-refractivity contribution is 0.379. The first-order valence-electron chi connectivity index (χ1n) is 7.21. The highest BCUT2D eigenvalue weighted by atomic mass is 16.5. The van der Waals surface area contributed by atoms with E-state index < -0.39 is 5.92 Å². The van der Waals surface area contributed by atoms with Crippen molar-refractivity contribution in [2.75, 3.05) is 14.2 Å². The predicted molar refractivity (Wildman–Crippen MR) is 87.0 cm³/mol. The average molecular weight is 324 g/mol. The number of methoxy groups -OCH3 is 2. The molecule has 3 N–H and O–H groups in total. The molecule has 6 heteroatoms. The van der Waals surface area contributed by atoms with Gasteiger partial charge >= 0.3 is 0 Å². The van der Waals surface area contributed by atoms with E-state index in [0.717, 1.165) is 11.1 Å². The molecule has 1 atom stereocenters. The Labute approximate surface area is 139 Å². The van der Waals surface area contributed by atoms with Gasteiger partial charge < -0.3 is 25.1 Å². The minimum absolute atomic E-state index is 0.0125. The number of phenolic OH excluding ortho intramolecular Hbond substituents is 1. The highest BCUT2D eigenvalue weighted by Crippen LogP contribution is 2.46. The van der Waals surface area contributed by atoms with Crippen molar-refractivity contribution in [3.63, 3.8) is 0 Å². The number of hydrogen-bond acceptors (Lipinski definition) is 6. The topological polar surface area (TPSA) is 97.7 Å². The Morgan fingerprint density at radius 3 is 2.54 bits per heavy atom. The zero-order valence-electron chi connectivity index (χ0n) is 13.2. The molecule has 0 fully saturated rings. The number of aromatic hydroxyl groups is 1. The number of fused-ring (bicyclic) bond motifs is 1. The molecule has 0 amide bonds. The standard InChI is InChI=1S/C18H16N2O4/c1-22-11-4-6-12(15(8-11)23-2)17-13-5-3-10(21)7-16(13)24-18(20)14(17)9-19/h3-8,17,21H,20H2,1-2H3/t17-/m0/s1. The minimum Gasteiger partial charge on any atom is -0.508 e. The molecule has 0 aromatic heterocycles. The van der Waals surface area contributed by atoms with Crippen molar-refractivity contribution in [2.24, 2.45) is 5.73 Å². The van der Waals surface area contributed by atoms with Crippen LogP contribution in [0.2, 0.25) is 0 Å². The van der Waals surface area contributed by atoms with Crippen molar-refractivity contribution in [3.8, 4) is 29.1 Å². The lowest BCUT2D eigenvalue weighted by Crippen LogP contribution is -2.21. The highest BCUT2D eigenvalue weighted by Gasteiger charge is 2.32. The van der Waals surface area contributed by atoms with Crippen molar-refractivity contribution >= 4 is 0 Å². The monoisotopic (exact) mass is 324 g/mol. The number of nitriles is 1. The Bertz CT molecular complexity index is 868. The summed E-state index contributed by atoms with van der Waals surface area (Å²) in [4.78, 5) is 0. The number of allylic oxidation sites excluding steroid dienone is 1. The normalized spacial score (nSPS) is 16.0. The molecule has 0 radical (unpaired) electrons. The van der Waals surface area contributed by atoms with Gasteiger partial charge in [-0.2, -0.15) is 5.26 Å². The van der Waals surface area contributed by atoms with Gasteiger partial charge in [0.1, 0.15) is 34.6 Å². The molecule has 1 aliphatic heterocycles. The van der Waals surface area contributed by atoms with Crippen LogP contribution in [0.3, 0.4) is 0 Å². The smallest absolute Gasteiger partial charge is 0.205 e. The number of nitrogens with two attached hydrogens (primary N) is 1. The molecule has 2 aromatic carbocycles. The van der Waals surface area contributed by atoms with E-state index in [4.69, 9.17) is 19.9 Å². The first-order chi connectivity index (χ1) is 11.6. The largest absolute Gasteiger partial charge is 0.508 e. The van der Waals surface area contributed by atoms with E-state index in [0.29, 0.717) is 17.2 Å². The summed E-state index contributed by atoms with van der Waals surface area (Å²) in [6.07, 6.45) is 0. The fourth-order valence-corrected chi connectivity index (χ4v) is 2.82. The van der Waals surface area contributed by atoms with Crippen molar-refractivity contribution in [3.05, 3.63) is 59.0 Å². The Balaban J connectivity index is 2.24. The number of rotatable bonds is 3. The van der Waals surface area contributed by atoms with E-state index >= 15 is 0 Å². The first-order valence-corrected chi connectivity index (χ1v) is 7.21. The van der Waals surface area contributed by atoms with Crippen LogP contribution in [0.15, 0.2) is 47.9 Å². The molecule has 1 aliphatic rings. The van der Waals surface area contributed by atoms with Crippen molar-refractivity contribution < 1.29 is 19.3 Å². The van der Waals surface area contributed by atoms with Crippen LogP contribution in [-0.4, -0.2) is 19.3 Å². The number of phenols is 1. The Morgan fingerprint density at radius 2 is 1.88 bits per heavy atom. The molecule has 0 bridgehead atoms. The van der Waals surface area contributed by atoms with Gasteiger partial charge in [-0.05, 0) is 12.1 Å². The van der Waals surface area contributed by atoms with Gasteiger partial charge in [0, 0.05) is 23.3 Å². The van der Waals surface area contributed by atoms with Gasteiger partial charge in [0.2, 0.25) is 5.88 Å². The first kappa shape index (κ1) is 15.6. The third kappa shape index (κ3) is 2.46. The van der Waals surface area contributed by atoms with Crippen LogP contribution < -0.4 is 19.9 Å². The third-order valence-electron chi connectivity index (χ3n) is 3.95. The lowest BCUT2D eigenvalue weighted by Gasteiger charge is -2.27. The summed E-state index contributed by atoms with van der Waals surface area (Å²) in [7, 11) is 3.12. The van der Waals surface area contributed by atoms with Crippen LogP contribution in [0.5, 0.6) is 23.0 Å². The molecule has 0 spiro atoms. The second-order valence-corrected chi connectivity index (χ2v) is 5.25. The van der Waals surface area contributed by atoms with Gasteiger partial charge in [-0.15, -0.1) is 0 Å². The molecular formula is C18H16N2O4. The molecule has 6 nitrogen and oxygen atoms in total. The quantitative estimate of drug-likeness (QED) is 0.900. The van der Waals surface area contributed by atoms with E-state index in [9.17, 15) is 10.4 Å². The molecule has 3 rings (SSSR count). The fourth-order valence-electron chi connectivity index (χ4n) is 2.82. The van der Waals surface area contributed by atoms with Crippen LogP contribution in [0.4, 0.5) is 0 Å². The summed E-state index contributed by atoms with van der Waals surface area (Å²) in [6, 6.07) is 12.2. The molecule has 1 heterocycles. The molecule has 0 saturated heterocycles. The van der Waals surface area contributed by atoms with Gasteiger partial charge in [0.15, 0.2) is 0 Å². The number of hydrogen-bond donors (Lipinski definition) is 2. The SMILES string of the molecule is COc1ccc([C@@H]2C(C#N)=C(N)Oc3cc(O)ccc32)c(OC)c1. The Kier molecular flexibility index (Phi) is 3.92. The number of ether oxygens (including phenoxy) is 3. The minimum atomic E-state index is -0.458. The number of nitrogens with zero attached hydrogens (tertiary/aromatic N) is 1. The Hall–Kier alpha value is -3.33. The third-order valence-corrected chi connectivity index (χ3v) is 3.95. The van der Waals surface area contributed by atoms with E-state index in [2.05, 4.69) is 6.07 Å². The second kappa shape index (κ2) is 6.05. The lowest BCUT2D eigenvalue weighted by atomic mass is 9.83. The summed E-state index contributed by atoms with van der Waals surface area (Å²) in [5.74, 6) is 1.24. The van der Waals surface area contributed by atoms with Gasteiger partial charge in [-0.25, -0.2) is 0 Å². The average Bonchev–Trinajstić information content (AvgIpc) is 2.59. The van der Waals surface area contributed by atoms with E-state index in [-0.39, 0.29) is 17.2 Å². The van der Waals surface area contributed by atoms with E-state index in [1.165, 1.54) is 6.07 Å². The van der Waals surface area contributed by atoms with Gasteiger partial charge in [0.25, 0.3) is 0 Å². The molecule has 122 valence electrons. The van der Waals surface area contributed by atoms with Crippen LogP contribution in [0, 0.1) is 11.3 Å². The second-order valence-electron chi connectivity index (χ2n) is 5.25. The van der Waals surface area contributed by atoms with Gasteiger partial charge in [-0.3, -0.25) is 0 Å². The number of benzene rings is 2. The Morgan fingerprint density at radius 1 is 1.12 bits per heavy atom. The molecule has 2 aromatic rings. The summed E-state index contributed by atoms with van der Waals surface area (Å²) >= 11 is 0. The van der Waals surface area contributed by atoms with Crippen LogP contribution in [0.25, 0.3) is 0 Å². The van der Waals surface area contributed by atoms with E-state index in [1.54, 1.807) is 38.5 Å². The maximum absolute atomic E-state index is 9.68. The maximum Gasteiger partial charge on any atom is 0.205 e. The van der Waals surface area contributed by atoms with Crippen molar-refractivity contribution in [1.82, 2.24) is 0 Å². The van der Waals surface area contributed by atoms with Crippen LogP contribution >= 0.6 is 0 Å². The summed E-state index contributed by atoms with van der Waals surface area (Å²) < 4.78 is 16.2. The summed E-state index contributed by atoms with van der Waals surface area (Å²) in [6.45, 7) is 0. The molecule has 24 heavy (non-hydrogen) atoms. The van der Waals surface area contributed by atoms with Crippen molar-refractivity contribution in [1.29, 1.82) is 5.26 Å². The zero-order chi connectivity index (χ0) is 17.3. The van der Waals surface area contributed by atoms with Crippen LogP contribution in [0.1, 0.15) is 17.0 Å². The molecular weight excluding hydrogens is 308 g/mol. The van der Waals surface area contributed by atoms with Crippen LogP contribution in [-0.2, 0) is 0 Å². The highest BCUT2D eigenvalue weighted by molar-refractivity contribution is 5.60. The molecule has 0 unspecified atom stereocenters. The molecule has 0 aliphatic carbocycles. The predicted octanol–water partition coefficient (Wildman–Crippen LogP) is 2.63.